The average Bonchev–Trinajstić information content (AvgIpc) is 2.70. The highest BCUT2D eigenvalue weighted by molar-refractivity contribution is 5.97. The van der Waals surface area contributed by atoms with Crippen LogP contribution in [0.2, 0.25) is 0 Å². The second-order valence-electron chi connectivity index (χ2n) is 3.28. The van der Waals surface area contributed by atoms with Crippen LogP contribution in [0.25, 0.3) is 0 Å². The Kier molecular flexibility index (Phi) is 2.58. The number of halogens is 1. The van der Waals surface area contributed by atoms with Crippen molar-refractivity contribution in [3.8, 4) is 6.07 Å². The Morgan fingerprint density at radius 1 is 1.41 bits per heavy atom. The number of anilines is 1. The van der Waals surface area contributed by atoms with Crippen molar-refractivity contribution in [3.05, 3.63) is 47.4 Å². The highest BCUT2D eigenvalue weighted by Crippen LogP contribution is 2.12. The van der Waals surface area contributed by atoms with Gasteiger partial charge in [-0.25, -0.2) is 4.39 Å². The predicted octanol–water partition coefficient (Wildman–Crippen LogP) is 1.16. The molecule has 1 heterocycles. The van der Waals surface area contributed by atoms with E-state index in [2.05, 4.69) is 5.10 Å². The fraction of sp³-hybridized carbons (Fsp3) is 0. The van der Waals surface area contributed by atoms with Gasteiger partial charge in [0.2, 0.25) is 0 Å². The van der Waals surface area contributed by atoms with Crippen LogP contribution in [0.4, 0.5) is 10.2 Å². The first-order chi connectivity index (χ1) is 8.13. The lowest BCUT2D eigenvalue weighted by atomic mass is 10.2. The van der Waals surface area contributed by atoms with Crippen molar-refractivity contribution >= 4 is 11.7 Å². The van der Waals surface area contributed by atoms with E-state index in [1.54, 1.807) is 0 Å². The highest BCUT2D eigenvalue weighted by atomic mass is 19.1. The Morgan fingerprint density at radius 3 is 2.59 bits per heavy atom. The zero-order valence-corrected chi connectivity index (χ0v) is 8.59. The molecule has 6 heteroatoms. The van der Waals surface area contributed by atoms with Crippen LogP contribution < -0.4 is 5.73 Å². The monoisotopic (exact) mass is 230 g/mol. The number of nitrogens with two attached hydrogens (primary N) is 1. The summed E-state index contributed by atoms with van der Waals surface area (Å²) in [5.74, 6) is -0.974. The van der Waals surface area contributed by atoms with Crippen molar-refractivity contribution in [2.45, 2.75) is 0 Å². The second-order valence-corrected chi connectivity index (χ2v) is 3.28. The summed E-state index contributed by atoms with van der Waals surface area (Å²) >= 11 is 0. The van der Waals surface area contributed by atoms with Gasteiger partial charge in [-0.15, -0.1) is 0 Å². The molecule has 5 nitrogen and oxygen atoms in total. The van der Waals surface area contributed by atoms with Crippen LogP contribution in [0.3, 0.4) is 0 Å². The van der Waals surface area contributed by atoms with Crippen molar-refractivity contribution in [1.82, 2.24) is 9.78 Å². The van der Waals surface area contributed by atoms with Gasteiger partial charge in [-0.3, -0.25) is 4.79 Å². The lowest BCUT2D eigenvalue weighted by Gasteiger charge is -2.02. The standard InChI is InChI=1S/C11H7FN4O/c12-9-3-1-7(2-4-9)11(17)16-10(14)8(5-13)6-15-16/h1-4,6H,14H2. The topological polar surface area (TPSA) is 84.7 Å². The predicted molar refractivity (Wildman–Crippen MR) is 57.5 cm³/mol. The summed E-state index contributed by atoms with van der Waals surface area (Å²) in [6, 6.07) is 6.79. The first kappa shape index (κ1) is 10.8. The van der Waals surface area contributed by atoms with Gasteiger partial charge in [0.05, 0.1) is 6.20 Å². The minimum atomic E-state index is -0.510. The van der Waals surface area contributed by atoms with Crippen LogP contribution in [-0.2, 0) is 0 Å². The van der Waals surface area contributed by atoms with Crippen molar-refractivity contribution in [2.24, 2.45) is 0 Å². The van der Waals surface area contributed by atoms with E-state index in [1.807, 2.05) is 6.07 Å². The van der Waals surface area contributed by atoms with Crippen LogP contribution in [0, 0.1) is 17.1 Å². The third-order valence-electron chi connectivity index (χ3n) is 2.21. The lowest BCUT2D eigenvalue weighted by molar-refractivity contribution is 0.0948. The van der Waals surface area contributed by atoms with Crippen molar-refractivity contribution in [2.75, 3.05) is 5.73 Å². The maximum atomic E-state index is 12.7. The summed E-state index contributed by atoms with van der Waals surface area (Å²) in [6.45, 7) is 0. The molecule has 0 fully saturated rings. The van der Waals surface area contributed by atoms with E-state index in [-0.39, 0.29) is 16.9 Å². The van der Waals surface area contributed by atoms with Gasteiger partial charge in [-0.1, -0.05) is 0 Å². The van der Waals surface area contributed by atoms with Crippen LogP contribution in [0.5, 0.6) is 0 Å². The molecule has 0 spiro atoms. The van der Waals surface area contributed by atoms with Crippen LogP contribution in [0.1, 0.15) is 15.9 Å². The van der Waals surface area contributed by atoms with Gasteiger partial charge in [0.1, 0.15) is 23.3 Å². The smallest absolute Gasteiger partial charge is 0.280 e. The number of benzene rings is 1. The van der Waals surface area contributed by atoms with E-state index in [4.69, 9.17) is 11.0 Å². The molecule has 0 aliphatic heterocycles. The molecule has 0 saturated carbocycles. The Balaban J connectivity index is 2.41. The molecule has 2 aromatic rings. The quantitative estimate of drug-likeness (QED) is 0.796. The van der Waals surface area contributed by atoms with Gasteiger partial charge in [0.15, 0.2) is 0 Å². The number of carbonyl (C=O) groups is 1. The van der Waals surface area contributed by atoms with E-state index in [0.29, 0.717) is 0 Å². The number of nitriles is 1. The molecular formula is C11H7FN4O. The molecule has 0 radical (unpaired) electrons. The fourth-order valence-electron chi connectivity index (χ4n) is 1.32. The SMILES string of the molecule is N#Cc1cnn(C(=O)c2ccc(F)cc2)c1N. The molecule has 0 aliphatic carbocycles. The first-order valence-corrected chi connectivity index (χ1v) is 4.67. The molecule has 1 aromatic carbocycles. The first-order valence-electron chi connectivity index (χ1n) is 4.67. The number of nitrogen functional groups attached to an aromatic ring is 1. The Hall–Kier alpha value is -2.68. The molecule has 0 amide bonds. The Bertz CT molecular complexity index is 609. The van der Waals surface area contributed by atoms with Gasteiger partial charge in [0, 0.05) is 5.56 Å². The Labute approximate surface area is 95.9 Å². The number of hydrogen-bond acceptors (Lipinski definition) is 4. The summed E-state index contributed by atoms with van der Waals surface area (Å²) < 4.78 is 13.6. The zero-order valence-electron chi connectivity index (χ0n) is 8.59. The summed E-state index contributed by atoms with van der Waals surface area (Å²) in [7, 11) is 0. The molecule has 17 heavy (non-hydrogen) atoms. The largest absolute Gasteiger partial charge is 0.382 e. The molecule has 2 rings (SSSR count). The molecular weight excluding hydrogens is 223 g/mol. The zero-order chi connectivity index (χ0) is 12.4. The van der Waals surface area contributed by atoms with Gasteiger partial charge in [-0.05, 0) is 24.3 Å². The van der Waals surface area contributed by atoms with E-state index >= 15 is 0 Å². The maximum absolute atomic E-state index is 12.7. The minimum Gasteiger partial charge on any atom is -0.382 e. The molecule has 0 saturated heterocycles. The minimum absolute atomic E-state index is 0.0261. The van der Waals surface area contributed by atoms with Crippen molar-refractivity contribution in [3.63, 3.8) is 0 Å². The lowest BCUT2D eigenvalue weighted by Crippen LogP contribution is -2.16. The van der Waals surface area contributed by atoms with Crippen molar-refractivity contribution in [1.29, 1.82) is 5.26 Å². The third kappa shape index (κ3) is 1.86. The molecule has 1 aromatic heterocycles. The maximum Gasteiger partial charge on any atom is 0.280 e. The molecule has 84 valence electrons. The number of nitrogens with zero attached hydrogens (tertiary/aromatic N) is 3. The number of hydrogen-bond donors (Lipinski definition) is 1. The molecule has 0 unspecified atom stereocenters. The summed E-state index contributed by atoms with van der Waals surface area (Å²) in [5, 5.41) is 12.4. The summed E-state index contributed by atoms with van der Waals surface area (Å²) in [5.41, 5.74) is 5.93. The number of rotatable bonds is 1. The average molecular weight is 230 g/mol. The Morgan fingerprint density at radius 2 is 2.06 bits per heavy atom. The number of carbonyl (C=O) groups excluding carboxylic acids is 1. The van der Waals surface area contributed by atoms with Crippen LogP contribution >= 0.6 is 0 Å². The molecule has 2 N–H and O–H groups in total. The van der Waals surface area contributed by atoms with Crippen molar-refractivity contribution < 1.29 is 9.18 Å². The third-order valence-corrected chi connectivity index (χ3v) is 2.21. The van der Waals surface area contributed by atoms with E-state index in [0.717, 1.165) is 16.8 Å². The molecule has 0 bridgehead atoms. The van der Waals surface area contributed by atoms with Gasteiger partial charge < -0.3 is 5.73 Å². The summed E-state index contributed by atoms with van der Waals surface area (Å²) in [4.78, 5) is 11.9. The van der Waals surface area contributed by atoms with Crippen LogP contribution in [0.15, 0.2) is 30.5 Å². The van der Waals surface area contributed by atoms with E-state index in [9.17, 15) is 9.18 Å². The van der Waals surface area contributed by atoms with Gasteiger partial charge in [-0.2, -0.15) is 15.0 Å². The van der Waals surface area contributed by atoms with Gasteiger partial charge in [0.25, 0.3) is 5.91 Å². The molecule has 0 atom stereocenters. The summed E-state index contributed by atoms with van der Waals surface area (Å²) in [6.07, 6.45) is 1.21. The fourth-order valence-corrected chi connectivity index (χ4v) is 1.32. The second kappa shape index (κ2) is 4.06. The molecule has 0 aliphatic rings. The van der Waals surface area contributed by atoms with E-state index < -0.39 is 11.7 Å². The normalized spacial score (nSPS) is 9.88. The number of aromatic nitrogens is 2. The van der Waals surface area contributed by atoms with Crippen LogP contribution in [-0.4, -0.2) is 15.7 Å². The van der Waals surface area contributed by atoms with Gasteiger partial charge >= 0.3 is 0 Å². The highest BCUT2D eigenvalue weighted by Gasteiger charge is 2.15. The van der Waals surface area contributed by atoms with E-state index in [1.165, 1.54) is 18.3 Å².